The van der Waals surface area contributed by atoms with E-state index in [9.17, 15) is 14.7 Å². The van der Waals surface area contributed by atoms with Gasteiger partial charge in [0.05, 0.1) is 0 Å². The highest BCUT2D eigenvalue weighted by Crippen LogP contribution is 2.44. The number of carbonyl (C=O) groups excluding carboxylic acids is 2. The van der Waals surface area contributed by atoms with Crippen LogP contribution in [0.1, 0.15) is 21.0 Å². The zero-order valence-corrected chi connectivity index (χ0v) is 28.4. The maximum Gasteiger partial charge on any atom is 0.274 e. The van der Waals surface area contributed by atoms with Gasteiger partial charge in [-0.05, 0) is 79.0 Å². The standard InChI is InChI=1S/C47H31N3O3/c51-42-28-25-32-14-4-8-19-36(32)45(42)44-35-18-7-3-13-31(35)24-27-39(44)50-47(53)41-22-10-21-40(48-41)46(52)49-38-26-23-30-12-2-6-17-34(30)43(38)37-20-9-15-29-11-1-5-16-33(29)37/h1-28,51H,(H,49,52)(H,50,53). The minimum absolute atomic E-state index is 0.0756. The molecule has 2 amide bonds. The van der Waals surface area contributed by atoms with Gasteiger partial charge in [0, 0.05) is 28.1 Å². The molecule has 6 heteroatoms. The molecule has 0 aliphatic rings. The quantitative estimate of drug-likeness (QED) is 0.162. The van der Waals surface area contributed by atoms with Gasteiger partial charge < -0.3 is 15.7 Å². The second-order valence-electron chi connectivity index (χ2n) is 12.9. The van der Waals surface area contributed by atoms with Crippen LogP contribution in [-0.4, -0.2) is 21.9 Å². The van der Waals surface area contributed by atoms with Crippen LogP contribution >= 0.6 is 0 Å². The van der Waals surface area contributed by atoms with E-state index in [0.29, 0.717) is 22.5 Å². The predicted octanol–water partition coefficient (Wildman–Crippen LogP) is 11.2. The molecule has 252 valence electrons. The van der Waals surface area contributed by atoms with E-state index in [0.717, 1.165) is 54.2 Å². The van der Waals surface area contributed by atoms with Gasteiger partial charge >= 0.3 is 0 Å². The summed E-state index contributed by atoms with van der Waals surface area (Å²) in [7, 11) is 0. The summed E-state index contributed by atoms with van der Waals surface area (Å²) in [4.78, 5) is 32.4. The number of rotatable bonds is 6. The molecule has 0 spiro atoms. The smallest absolute Gasteiger partial charge is 0.274 e. The number of phenols is 1. The lowest BCUT2D eigenvalue weighted by Crippen LogP contribution is -2.19. The van der Waals surface area contributed by atoms with Crippen molar-refractivity contribution in [3.63, 3.8) is 0 Å². The average Bonchev–Trinajstić information content (AvgIpc) is 3.21. The van der Waals surface area contributed by atoms with Gasteiger partial charge in [0.1, 0.15) is 17.1 Å². The molecule has 1 aromatic heterocycles. The fourth-order valence-electron chi connectivity index (χ4n) is 7.34. The van der Waals surface area contributed by atoms with Crippen molar-refractivity contribution in [3.05, 3.63) is 181 Å². The van der Waals surface area contributed by atoms with Crippen molar-refractivity contribution in [2.45, 2.75) is 0 Å². The summed E-state index contributed by atoms with van der Waals surface area (Å²) in [5, 5.41) is 25.3. The van der Waals surface area contributed by atoms with Crippen LogP contribution in [0.5, 0.6) is 5.75 Å². The van der Waals surface area contributed by atoms with Gasteiger partial charge in [-0.2, -0.15) is 0 Å². The molecule has 0 radical (unpaired) electrons. The lowest BCUT2D eigenvalue weighted by molar-refractivity contribution is 0.101. The highest BCUT2D eigenvalue weighted by Gasteiger charge is 2.21. The number of benzene rings is 8. The molecule has 0 atom stereocenters. The van der Waals surface area contributed by atoms with E-state index in [-0.39, 0.29) is 17.1 Å². The average molecular weight is 686 g/mol. The number of amides is 2. The molecule has 9 rings (SSSR count). The minimum atomic E-state index is -0.488. The molecule has 1 heterocycles. The summed E-state index contributed by atoms with van der Waals surface area (Å²) in [6, 6.07) is 54.2. The van der Waals surface area contributed by atoms with Gasteiger partial charge in [0.2, 0.25) is 0 Å². The van der Waals surface area contributed by atoms with Crippen LogP contribution in [0.25, 0.3) is 65.3 Å². The lowest BCUT2D eigenvalue weighted by atomic mass is 9.91. The number of nitrogens with one attached hydrogen (secondary N) is 2. The van der Waals surface area contributed by atoms with Crippen molar-refractivity contribution in [2.75, 3.05) is 10.6 Å². The summed E-state index contributed by atoms with van der Waals surface area (Å²) in [6.45, 7) is 0. The van der Waals surface area contributed by atoms with Crippen molar-refractivity contribution >= 4 is 66.3 Å². The van der Waals surface area contributed by atoms with Gasteiger partial charge in [0.15, 0.2) is 0 Å². The van der Waals surface area contributed by atoms with Gasteiger partial charge in [0.25, 0.3) is 11.8 Å². The fraction of sp³-hybridized carbons (Fsp3) is 0. The Hall–Kier alpha value is -7.31. The maximum absolute atomic E-state index is 14.0. The Morgan fingerprint density at radius 2 is 0.811 bits per heavy atom. The molecule has 9 aromatic rings. The van der Waals surface area contributed by atoms with E-state index in [1.807, 2.05) is 109 Å². The number of carbonyl (C=O) groups is 2. The van der Waals surface area contributed by atoms with Crippen LogP contribution in [0.15, 0.2) is 170 Å². The number of fused-ring (bicyclic) bond motifs is 4. The third kappa shape index (κ3) is 5.69. The SMILES string of the molecule is O=C(Nc1ccc2ccccc2c1-c1cccc2ccccc12)c1cccc(C(=O)Nc2ccc3ccccc3c2-c2c(O)ccc3ccccc23)n1. The molecule has 0 unspecified atom stereocenters. The van der Waals surface area contributed by atoms with E-state index in [2.05, 4.69) is 52.0 Å². The van der Waals surface area contributed by atoms with Crippen molar-refractivity contribution in [1.29, 1.82) is 0 Å². The number of aromatic nitrogens is 1. The first kappa shape index (κ1) is 31.7. The van der Waals surface area contributed by atoms with Crippen LogP contribution in [0.2, 0.25) is 0 Å². The zero-order chi connectivity index (χ0) is 35.9. The summed E-state index contributed by atoms with van der Waals surface area (Å²) < 4.78 is 0. The van der Waals surface area contributed by atoms with Crippen LogP contribution < -0.4 is 10.6 Å². The second kappa shape index (κ2) is 13.1. The fourth-order valence-corrected chi connectivity index (χ4v) is 7.34. The molecule has 0 aliphatic heterocycles. The predicted molar refractivity (Wildman–Crippen MR) is 216 cm³/mol. The van der Waals surface area contributed by atoms with Gasteiger partial charge in [-0.1, -0.05) is 140 Å². The number of pyridine rings is 1. The first-order chi connectivity index (χ1) is 26.0. The molecule has 0 aliphatic carbocycles. The van der Waals surface area contributed by atoms with E-state index >= 15 is 0 Å². The Balaban J connectivity index is 1.08. The number of aromatic hydroxyl groups is 1. The summed E-state index contributed by atoms with van der Waals surface area (Å²) in [5.41, 5.74) is 4.53. The molecule has 53 heavy (non-hydrogen) atoms. The first-order valence-corrected chi connectivity index (χ1v) is 17.4. The Labute approximate surface area is 305 Å². The Kier molecular flexibility index (Phi) is 7.83. The molecule has 8 aromatic carbocycles. The van der Waals surface area contributed by atoms with Gasteiger partial charge in [-0.25, -0.2) is 4.98 Å². The van der Waals surface area contributed by atoms with E-state index in [1.165, 1.54) is 0 Å². The number of hydrogen-bond acceptors (Lipinski definition) is 4. The summed E-state index contributed by atoms with van der Waals surface area (Å²) in [5.74, 6) is -0.828. The third-order valence-corrected chi connectivity index (χ3v) is 9.78. The maximum atomic E-state index is 14.0. The van der Waals surface area contributed by atoms with Crippen molar-refractivity contribution < 1.29 is 14.7 Å². The summed E-state index contributed by atoms with van der Waals surface area (Å²) in [6.07, 6.45) is 0. The van der Waals surface area contributed by atoms with E-state index in [4.69, 9.17) is 0 Å². The molecule has 0 saturated heterocycles. The Morgan fingerprint density at radius 1 is 0.396 bits per heavy atom. The zero-order valence-electron chi connectivity index (χ0n) is 28.4. The van der Waals surface area contributed by atoms with Crippen LogP contribution in [-0.2, 0) is 0 Å². The van der Waals surface area contributed by atoms with Crippen LogP contribution in [0.3, 0.4) is 0 Å². The molecular weight excluding hydrogens is 655 g/mol. The highest BCUT2D eigenvalue weighted by atomic mass is 16.3. The molecule has 3 N–H and O–H groups in total. The Bertz CT molecular complexity index is 2910. The van der Waals surface area contributed by atoms with Gasteiger partial charge in [-0.15, -0.1) is 0 Å². The van der Waals surface area contributed by atoms with Crippen molar-refractivity contribution in [2.24, 2.45) is 0 Å². The number of phenolic OH excluding ortho intramolecular Hbond substituents is 1. The number of hydrogen-bond donors (Lipinski definition) is 3. The normalized spacial score (nSPS) is 11.2. The Morgan fingerprint density at radius 3 is 1.40 bits per heavy atom. The van der Waals surface area contributed by atoms with E-state index in [1.54, 1.807) is 24.3 Å². The molecule has 0 fully saturated rings. The summed E-state index contributed by atoms with van der Waals surface area (Å²) >= 11 is 0. The largest absolute Gasteiger partial charge is 0.507 e. The highest BCUT2D eigenvalue weighted by molar-refractivity contribution is 6.17. The van der Waals surface area contributed by atoms with Crippen molar-refractivity contribution in [3.8, 4) is 28.0 Å². The second-order valence-corrected chi connectivity index (χ2v) is 12.9. The number of nitrogens with zero attached hydrogens (tertiary/aromatic N) is 1. The molecule has 0 bridgehead atoms. The van der Waals surface area contributed by atoms with Gasteiger partial charge in [-0.3, -0.25) is 9.59 Å². The van der Waals surface area contributed by atoms with Crippen LogP contribution in [0.4, 0.5) is 11.4 Å². The lowest BCUT2D eigenvalue weighted by Gasteiger charge is -2.18. The molecule has 0 saturated carbocycles. The van der Waals surface area contributed by atoms with E-state index < -0.39 is 11.8 Å². The topological polar surface area (TPSA) is 91.3 Å². The minimum Gasteiger partial charge on any atom is -0.507 e. The van der Waals surface area contributed by atoms with Crippen molar-refractivity contribution in [1.82, 2.24) is 4.98 Å². The molecular formula is C47H31N3O3. The number of anilines is 2. The monoisotopic (exact) mass is 685 g/mol. The third-order valence-electron chi connectivity index (χ3n) is 9.78. The first-order valence-electron chi connectivity index (χ1n) is 17.4. The van der Waals surface area contributed by atoms with Crippen LogP contribution in [0, 0.1) is 0 Å². The molecule has 6 nitrogen and oxygen atoms in total.